The molecule has 7 heteroatoms. The number of aryl methyl sites for hydroxylation is 1. The van der Waals surface area contributed by atoms with E-state index in [1.165, 1.54) is 5.56 Å². The molecule has 0 amide bonds. The van der Waals surface area contributed by atoms with Crippen LogP contribution < -0.4 is 9.64 Å². The number of benzene rings is 2. The molecule has 1 aromatic heterocycles. The summed E-state index contributed by atoms with van der Waals surface area (Å²) < 4.78 is 13.8. The van der Waals surface area contributed by atoms with E-state index in [9.17, 15) is 0 Å². The van der Waals surface area contributed by atoms with E-state index in [-0.39, 0.29) is 6.10 Å². The lowest BCUT2D eigenvalue weighted by Gasteiger charge is -2.24. The number of anilines is 1. The second kappa shape index (κ2) is 9.78. The molecule has 0 N–H and O–H groups in total. The molecule has 1 unspecified atom stereocenters. The molecule has 0 saturated carbocycles. The molecule has 154 valence electrons. The Morgan fingerprint density at radius 2 is 1.93 bits per heavy atom. The summed E-state index contributed by atoms with van der Waals surface area (Å²) in [4.78, 5) is 5.98. The fourth-order valence-corrected chi connectivity index (χ4v) is 3.62. The van der Waals surface area contributed by atoms with Gasteiger partial charge in [0.15, 0.2) is 0 Å². The van der Waals surface area contributed by atoms with E-state index < -0.39 is 0 Å². The first kappa shape index (κ1) is 20.4. The van der Waals surface area contributed by atoms with Gasteiger partial charge in [0, 0.05) is 29.3 Å². The van der Waals surface area contributed by atoms with Crippen LogP contribution in [0.5, 0.6) is 5.75 Å². The number of hydrogen-bond donors (Lipinski definition) is 0. The second-order valence-corrected chi connectivity index (χ2v) is 7.78. The molecule has 4 rings (SSSR count). The Hall–Kier alpha value is -2.83. The highest BCUT2D eigenvalue weighted by Crippen LogP contribution is 2.24. The van der Waals surface area contributed by atoms with Crippen molar-refractivity contribution < 1.29 is 9.47 Å². The summed E-state index contributed by atoms with van der Waals surface area (Å²) in [6.07, 6.45) is 11.2. The van der Waals surface area contributed by atoms with Crippen molar-refractivity contribution in [3.63, 3.8) is 0 Å². The fraction of sp³-hybridized carbons (Fsp3) is 0.217. The summed E-state index contributed by atoms with van der Waals surface area (Å²) in [5.41, 5.74) is 2.18. The molecular formula is C23H22ClN3O2S. The van der Waals surface area contributed by atoms with E-state index in [0.29, 0.717) is 11.8 Å². The highest BCUT2D eigenvalue weighted by molar-refractivity contribution is 7.80. The smallest absolute Gasteiger partial charge is 0.268 e. The van der Waals surface area contributed by atoms with Crippen LogP contribution in [0.1, 0.15) is 12.0 Å². The summed E-state index contributed by atoms with van der Waals surface area (Å²) in [7, 11) is 0. The van der Waals surface area contributed by atoms with Gasteiger partial charge in [0.2, 0.25) is 0 Å². The third-order valence-corrected chi connectivity index (χ3v) is 5.38. The minimum absolute atomic E-state index is 0.0000188. The summed E-state index contributed by atoms with van der Waals surface area (Å²) in [6, 6.07) is 15.8. The van der Waals surface area contributed by atoms with Crippen LogP contribution in [-0.4, -0.2) is 27.4 Å². The number of aromatic nitrogens is 2. The van der Waals surface area contributed by atoms with Crippen molar-refractivity contribution in [2.45, 2.75) is 25.5 Å². The molecule has 0 bridgehead atoms. The standard InChI is InChI=1S/C23H22ClN3O2S/c24-19-5-2-18(3-6-19)4-9-22(16-26-14-12-25-17-26)29-21-10-7-20(8-11-21)27-13-1-15-28-23(27)30/h1-3,5-8,10-14,17,22H,4,9,15-16H2. The van der Waals surface area contributed by atoms with Crippen LogP contribution in [0, 0.1) is 0 Å². The Morgan fingerprint density at radius 3 is 2.63 bits per heavy atom. The van der Waals surface area contributed by atoms with Crippen molar-refractivity contribution in [1.29, 1.82) is 0 Å². The second-order valence-electron chi connectivity index (χ2n) is 6.99. The van der Waals surface area contributed by atoms with Gasteiger partial charge in [-0.3, -0.25) is 4.90 Å². The Labute approximate surface area is 186 Å². The van der Waals surface area contributed by atoms with Gasteiger partial charge < -0.3 is 14.0 Å². The van der Waals surface area contributed by atoms with Crippen LogP contribution in [0.2, 0.25) is 5.02 Å². The third kappa shape index (κ3) is 5.40. The summed E-state index contributed by atoms with van der Waals surface area (Å²) in [5.74, 6) is 0.813. The number of nitrogens with zero attached hydrogens (tertiary/aromatic N) is 3. The first-order chi connectivity index (χ1) is 14.7. The van der Waals surface area contributed by atoms with Crippen molar-refractivity contribution >= 4 is 34.7 Å². The molecule has 30 heavy (non-hydrogen) atoms. The van der Waals surface area contributed by atoms with Crippen LogP contribution in [0.3, 0.4) is 0 Å². The van der Waals surface area contributed by atoms with Gasteiger partial charge >= 0.3 is 0 Å². The lowest BCUT2D eigenvalue weighted by molar-refractivity contribution is 0.170. The Morgan fingerprint density at radius 1 is 1.13 bits per heavy atom. The average molecular weight is 440 g/mol. The molecule has 0 radical (unpaired) electrons. The van der Waals surface area contributed by atoms with Crippen molar-refractivity contribution in [3.8, 4) is 5.75 Å². The molecular weight excluding hydrogens is 418 g/mol. The van der Waals surface area contributed by atoms with E-state index in [1.54, 1.807) is 6.20 Å². The highest BCUT2D eigenvalue weighted by Gasteiger charge is 2.15. The first-order valence-electron chi connectivity index (χ1n) is 9.77. The number of hydrogen-bond acceptors (Lipinski definition) is 4. The molecule has 2 aromatic carbocycles. The van der Waals surface area contributed by atoms with Crippen LogP contribution in [0.4, 0.5) is 5.69 Å². The van der Waals surface area contributed by atoms with E-state index in [2.05, 4.69) is 17.1 Å². The predicted molar refractivity (Wildman–Crippen MR) is 123 cm³/mol. The number of halogens is 1. The zero-order valence-electron chi connectivity index (χ0n) is 16.4. The van der Waals surface area contributed by atoms with Crippen molar-refractivity contribution in [1.82, 2.24) is 9.55 Å². The van der Waals surface area contributed by atoms with Gasteiger partial charge in [0.25, 0.3) is 5.17 Å². The highest BCUT2D eigenvalue weighted by atomic mass is 35.5. The van der Waals surface area contributed by atoms with Gasteiger partial charge in [0.05, 0.1) is 12.9 Å². The zero-order chi connectivity index (χ0) is 20.8. The largest absolute Gasteiger partial charge is 0.489 e. The van der Waals surface area contributed by atoms with Crippen molar-refractivity contribution in [2.24, 2.45) is 0 Å². The molecule has 2 heterocycles. The lowest BCUT2D eigenvalue weighted by atomic mass is 10.1. The van der Waals surface area contributed by atoms with Gasteiger partial charge in [-0.05, 0) is 73.1 Å². The number of rotatable bonds is 8. The monoisotopic (exact) mass is 439 g/mol. The number of imidazole rings is 1. The zero-order valence-corrected chi connectivity index (χ0v) is 17.9. The van der Waals surface area contributed by atoms with Crippen LogP contribution in [0.25, 0.3) is 0 Å². The molecule has 0 aliphatic carbocycles. The van der Waals surface area contributed by atoms with Crippen molar-refractivity contribution in [2.75, 3.05) is 11.5 Å². The summed E-state index contributed by atoms with van der Waals surface area (Å²) in [5, 5.41) is 1.20. The Bertz CT molecular complexity index is 988. The molecule has 1 atom stereocenters. The van der Waals surface area contributed by atoms with Gasteiger partial charge in [-0.25, -0.2) is 4.98 Å². The van der Waals surface area contributed by atoms with Crippen LogP contribution >= 0.6 is 23.8 Å². The molecule has 0 saturated heterocycles. The molecule has 3 aromatic rings. The third-order valence-electron chi connectivity index (χ3n) is 4.81. The average Bonchev–Trinajstić information content (AvgIpc) is 3.27. The van der Waals surface area contributed by atoms with Gasteiger partial charge in [0.1, 0.15) is 18.5 Å². The van der Waals surface area contributed by atoms with Crippen LogP contribution in [-0.2, 0) is 17.7 Å². The Balaban J connectivity index is 1.43. The quantitative estimate of drug-likeness (QED) is 0.448. The minimum atomic E-state index is 0.0000188. The van der Waals surface area contributed by atoms with E-state index >= 15 is 0 Å². The molecule has 0 spiro atoms. The molecule has 1 aliphatic rings. The number of ether oxygens (including phenoxy) is 2. The maximum absolute atomic E-state index is 6.33. The molecule has 1 aliphatic heterocycles. The predicted octanol–water partition coefficient (Wildman–Crippen LogP) is 5.25. The SMILES string of the molecule is S=C1OCC=CN1c1ccc(OC(CCc2ccc(Cl)cc2)Cn2ccnc2)cc1. The van der Waals surface area contributed by atoms with Crippen molar-refractivity contribution in [3.05, 3.63) is 90.1 Å². The van der Waals surface area contributed by atoms with Crippen LogP contribution in [0.15, 0.2) is 79.5 Å². The van der Waals surface area contributed by atoms with Gasteiger partial charge in [-0.15, -0.1) is 0 Å². The van der Waals surface area contributed by atoms with Gasteiger partial charge in [-0.1, -0.05) is 23.7 Å². The maximum atomic E-state index is 6.33. The number of thiocarbonyl (C=S) groups is 1. The summed E-state index contributed by atoms with van der Waals surface area (Å²) in [6.45, 7) is 1.24. The normalized spacial score (nSPS) is 14.4. The van der Waals surface area contributed by atoms with E-state index in [4.69, 9.17) is 33.3 Å². The fourth-order valence-electron chi connectivity index (χ4n) is 3.26. The van der Waals surface area contributed by atoms with E-state index in [1.807, 2.05) is 70.7 Å². The van der Waals surface area contributed by atoms with E-state index in [0.717, 1.165) is 35.8 Å². The Kier molecular flexibility index (Phi) is 6.67. The minimum Gasteiger partial charge on any atom is -0.489 e. The summed E-state index contributed by atoms with van der Waals surface area (Å²) >= 11 is 11.3. The molecule has 5 nitrogen and oxygen atoms in total. The lowest BCUT2D eigenvalue weighted by Crippen LogP contribution is -2.29. The maximum Gasteiger partial charge on any atom is 0.268 e. The first-order valence-corrected chi connectivity index (χ1v) is 10.6. The topological polar surface area (TPSA) is 39.5 Å². The molecule has 0 fully saturated rings. The van der Waals surface area contributed by atoms with Gasteiger partial charge in [-0.2, -0.15) is 0 Å².